The lowest BCUT2D eigenvalue weighted by Gasteiger charge is -2.16. The number of sulfone groups is 1. The Labute approximate surface area is 176 Å². The number of aliphatic hydroxyl groups excluding tert-OH is 1. The highest BCUT2D eigenvalue weighted by molar-refractivity contribution is 7.90. The molecule has 0 saturated carbocycles. The molecule has 31 heavy (non-hydrogen) atoms. The summed E-state index contributed by atoms with van der Waals surface area (Å²) in [6.45, 7) is -0.479. The molecule has 1 saturated heterocycles. The fraction of sp³-hybridized carbons (Fsp3) is 0.353. The van der Waals surface area contributed by atoms with Crippen molar-refractivity contribution in [3.05, 3.63) is 36.9 Å². The molecule has 0 spiro atoms. The summed E-state index contributed by atoms with van der Waals surface area (Å²) in [6.07, 6.45) is 1.35. The van der Waals surface area contributed by atoms with Gasteiger partial charge in [-0.15, -0.1) is 0 Å². The van der Waals surface area contributed by atoms with Crippen LogP contribution in [0.25, 0.3) is 22.4 Å². The molecular formula is C17H19N4O8PS. The molecule has 1 aromatic carbocycles. The molecule has 0 radical (unpaired) electrons. The average Bonchev–Trinajstić information content (AvgIpc) is 3.28. The van der Waals surface area contributed by atoms with Crippen LogP contribution in [0.1, 0.15) is 12.6 Å². The molecule has 3 atom stereocenters. The maximum absolute atomic E-state index is 11.9. The number of rotatable bonds is 6. The van der Waals surface area contributed by atoms with E-state index in [2.05, 4.69) is 19.5 Å². The zero-order chi connectivity index (χ0) is 22.4. The number of ether oxygens (including phenoxy) is 1. The predicted molar refractivity (Wildman–Crippen MR) is 106 cm³/mol. The summed E-state index contributed by atoms with van der Waals surface area (Å²) in [6, 6.07) is 6.31. The molecule has 0 bridgehead atoms. The van der Waals surface area contributed by atoms with Crippen LogP contribution < -0.4 is 0 Å². The zero-order valence-corrected chi connectivity index (χ0v) is 17.8. The fourth-order valence-corrected chi connectivity index (χ4v) is 4.36. The van der Waals surface area contributed by atoms with Gasteiger partial charge in [-0.25, -0.2) is 27.9 Å². The van der Waals surface area contributed by atoms with Gasteiger partial charge in [-0.2, -0.15) is 0 Å². The van der Waals surface area contributed by atoms with Crippen LogP contribution in [0.4, 0.5) is 0 Å². The second-order valence-electron chi connectivity index (χ2n) is 7.06. The summed E-state index contributed by atoms with van der Waals surface area (Å²) in [4.78, 5) is 30.7. The smallest absolute Gasteiger partial charge is 0.390 e. The first-order valence-corrected chi connectivity index (χ1v) is 12.5. The molecule has 14 heteroatoms. The molecule has 0 aliphatic carbocycles. The summed E-state index contributed by atoms with van der Waals surface area (Å²) in [7, 11) is -8.10. The van der Waals surface area contributed by atoms with Gasteiger partial charge >= 0.3 is 7.82 Å². The fourth-order valence-electron chi connectivity index (χ4n) is 3.35. The first kappa shape index (κ1) is 22.0. The van der Waals surface area contributed by atoms with Crippen molar-refractivity contribution < 1.29 is 37.1 Å². The van der Waals surface area contributed by atoms with Crippen LogP contribution >= 0.6 is 7.82 Å². The van der Waals surface area contributed by atoms with E-state index in [1.165, 1.54) is 24.8 Å². The van der Waals surface area contributed by atoms with Gasteiger partial charge < -0.3 is 19.6 Å². The molecule has 1 aliphatic rings. The minimum absolute atomic E-state index is 0.129. The molecule has 1 fully saturated rings. The number of imidazole rings is 1. The number of benzene rings is 1. The quantitative estimate of drug-likeness (QED) is 0.432. The van der Waals surface area contributed by atoms with Gasteiger partial charge in [0.05, 0.1) is 23.9 Å². The first-order valence-electron chi connectivity index (χ1n) is 9.04. The van der Waals surface area contributed by atoms with Crippen molar-refractivity contribution >= 4 is 28.8 Å². The molecule has 12 nitrogen and oxygen atoms in total. The van der Waals surface area contributed by atoms with Gasteiger partial charge in [0, 0.05) is 18.2 Å². The van der Waals surface area contributed by atoms with E-state index in [1.807, 2.05) is 0 Å². The van der Waals surface area contributed by atoms with E-state index in [9.17, 15) is 18.1 Å². The Balaban J connectivity index is 1.65. The molecule has 3 N–H and O–H groups in total. The number of hydrogen-bond donors (Lipinski definition) is 3. The number of fused-ring (bicyclic) bond motifs is 1. The number of aliphatic hydroxyl groups is 1. The molecule has 3 heterocycles. The normalized spacial score (nSPS) is 22.3. The molecule has 3 aromatic rings. The highest BCUT2D eigenvalue weighted by Gasteiger charge is 2.37. The third-order valence-corrected chi connectivity index (χ3v) is 6.41. The third kappa shape index (κ3) is 4.67. The average molecular weight is 470 g/mol. The van der Waals surface area contributed by atoms with Gasteiger partial charge in [-0.05, 0) is 12.1 Å². The lowest BCUT2D eigenvalue weighted by molar-refractivity contribution is -0.0424. The van der Waals surface area contributed by atoms with Gasteiger partial charge in [0.25, 0.3) is 0 Å². The van der Waals surface area contributed by atoms with Crippen LogP contribution in [0.5, 0.6) is 0 Å². The van der Waals surface area contributed by atoms with Crippen molar-refractivity contribution in [2.75, 3.05) is 12.9 Å². The summed E-state index contributed by atoms with van der Waals surface area (Å²) in [5.74, 6) is 0. The molecule has 0 unspecified atom stereocenters. The Hall–Kier alpha value is -2.25. The van der Waals surface area contributed by atoms with E-state index < -0.39 is 42.7 Å². The molecule has 1 aliphatic heterocycles. The standard InChI is InChI=1S/C17H19N4O8PS/c1-31(26,27)11-4-2-3-10(5-11)15-16-17(19-8-18-15)21(9-20-16)14-6-12(22)13(29-14)7-28-30(23,24)25/h2-5,8-9,12-14,22H,6-7H2,1H3,(H2,23,24,25)/t12-,13+,14+/m0/s1. The van der Waals surface area contributed by atoms with Gasteiger partial charge in [-0.3, -0.25) is 9.09 Å². The van der Waals surface area contributed by atoms with Crippen LogP contribution in [0.3, 0.4) is 0 Å². The van der Waals surface area contributed by atoms with Crippen molar-refractivity contribution in [1.82, 2.24) is 19.5 Å². The van der Waals surface area contributed by atoms with Crippen LogP contribution in [-0.4, -0.2) is 67.9 Å². The minimum Gasteiger partial charge on any atom is -0.390 e. The topological polar surface area (TPSA) is 174 Å². The SMILES string of the molecule is CS(=O)(=O)c1cccc(-c2ncnc3c2ncn3[C@H]2C[C@H](O)[C@@H](COP(=O)(O)O)O2)c1. The highest BCUT2D eigenvalue weighted by Crippen LogP contribution is 2.39. The minimum atomic E-state index is -4.69. The lowest BCUT2D eigenvalue weighted by Crippen LogP contribution is -2.25. The Morgan fingerprint density at radius 3 is 2.77 bits per heavy atom. The summed E-state index contributed by atoms with van der Waals surface area (Å²) in [5, 5.41) is 10.2. The number of hydrogen-bond acceptors (Lipinski definition) is 9. The van der Waals surface area contributed by atoms with Crippen LogP contribution in [0, 0.1) is 0 Å². The van der Waals surface area contributed by atoms with Crippen molar-refractivity contribution in [3.63, 3.8) is 0 Å². The second-order valence-corrected chi connectivity index (χ2v) is 10.3. The maximum Gasteiger partial charge on any atom is 0.469 e. The van der Waals surface area contributed by atoms with Crippen molar-refractivity contribution in [1.29, 1.82) is 0 Å². The monoisotopic (exact) mass is 470 g/mol. The van der Waals surface area contributed by atoms with E-state index in [1.54, 1.807) is 16.7 Å². The van der Waals surface area contributed by atoms with Crippen molar-refractivity contribution in [2.45, 2.75) is 29.8 Å². The number of phosphoric acid groups is 1. The zero-order valence-electron chi connectivity index (χ0n) is 16.1. The summed E-state index contributed by atoms with van der Waals surface area (Å²) < 4.78 is 46.4. The van der Waals surface area contributed by atoms with E-state index in [0.717, 1.165) is 6.26 Å². The highest BCUT2D eigenvalue weighted by atomic mass is 32.2. The predicted octanol–water partition coefficient (Wildman–Crippen LogP) is 0.654. The van der Waals surface area contributed by atoms with E-state index in [0.29, 0.717) is 22.4 Å². The Kier molecular flexibility index (Phi) is 5.68. The first-order chi connectivity index (χ1) is 14.5. The Morgan fingerprint density at radius 1 is 1.29 bits per heavy atom. The molecule has 0 amide bonds. The van der Waals surface area contributed by atoms with E-state index in [4.69, 9.17) is 14.5 Å². The number of aromatic nitrogens is 4. The lowest BCUT2D eigenvalue weighted by atomic mass is 10.1. The van der Waals surface area contributed by atoms with Gasteiger partial charge in [0.1, 0.15) is 29.9 Å². The van der Waals surface area contributed by atoms with Gasteiger partial charge in [-0.1, -0.05) is 12.1 Å². The molecule has 2 aromatic heterocycles. The van der Waals surface area contributed by atoms with Crippen LogP contribution in [-0.2, 0) is 23.7 Å². The third-order valence-electron chi connectivity index (χ3n) is 4.82. The summed E-state index contributed by atoms with van der Waals surface area (Å²) in [5.41, 5.74) is 1.76. The molecular weight excluding hydrogens is 451 g/mol. The van der Waals surface area contributed by atoms with Crippen molar-refractivity contribution in [3.8, 4) is 11.3 Å². The molecule has 4 rings (SSSR count). The Morgan fingerprint density at radius 2 is 2.06 bits per heavy atom. The second kappa shape index (κ2) is 8.02. The largest absolute Gasteiger partial charge is 0.469 e. The van der Waals surface area contributed by atoms with Gasteiger partial charge in [0.2, 0.25) is 0 Å². The van der Waals surface area contributed by atoms with E-state index >= 15 is 0 Å². The number of nitrogens with zero attached hydrogens (tertiary/aromatic N) is 4. The Bertz CT molecular complexity index is 1270. The maximum atomic E-state index is 11.9. The van der Waals surface area contributed by atoms with Gasteiger partial charge in [0.15, 0.2) is 15.5 Å². The van der Waals surface area contributed by atoms with E-state index in [-0.39, 0.29) is 11.3 Å². The van der Waals surface area contributed by atoms with Crippen LogP contribution in [0.15, 0.2) is 41.8 Å². The molecule has 166 valence electrons. The number of phosphoric ester groups is 1. The summed E-state index contributed by atoms with van der Waals surface area (Å²) >= 11 is 0. The van der Waals surface area contributed by atoms with Crippen molar-refractivity contribution in [2.24, 2.45) is 0 Å². The van der Waals surface area contributed by atoms with Crippen LogP contribution in [0.2, 0.25) is 0 Å².